The fourth-order valence-corrected chi connectivity index (χ4v) is 1.66. The molecule has 0 aromatic heterocycles. The predicted molar refractivity (Wildman–Crippen MR) is 59.3 cm³/mol. The lowest BCUT2D eigenvalue weighted by molar-refractivity contribution is 0.141. The Morgan fingerprint density at radius 2 is 2.13 bits per heavy atom. The molecule has 0 spiro atoms. The Hall–Kier alpha value is -0.640. The summed E-state index contributed by atoms with van der Waals surface area (Å²) in [5, 5.41) is 0.160. The van der Waals surface area contributed by atoms with Crippen LogP contribution in [0.5, 0.6) is 0 Å². The van der Waals surface area contributed by atoms with Crippen molar-refractivity contribution in [1.82, 2.24) is 0 Å². The quantitative estimate of drug-likeness (QED) is 0.809. The van der Waals surface area contributed by atoms with Crippen LogP contribution in [0.1, 0.15) is 30.9 Å². The van der Waals surface area contributed by atoms with Crippen LogP contribution in [-0.2, 0) is 11.3 Å². The van der Waals surface area contributed by atoms with Crippen LogP contribution in [0.4, 0.5) is 4.39 Å². The summed E-state index contributed by atoms with van der Waals surface area (Å²) in [4.78, 5) is 4.48. The molecule has 0 heterocycles. The van der Waals surface area contributed by atoms with Gasteiger partial charge in [0.2, 0.25) is 0 Å². The Balaban J connectivity index is 3.00. The van der Waals surface area contributed by atoms with Gasteiger partial charge < -0.3 is 4.84 Å². The van der Waals surface area contributed by atoms with Crippen molar-refractivity contribution in [3.8, 4) is 0 Å². The highest BCUT2D eigenvalue weighted by molar-refractivity contribution is 6.30. The van der Waals surface area contributed by atoms with Crippen molar-refractivity contribution in [3.05, 3.63) is 34.1 Å². The first-order chi connectivity index (χ1) is 7.06. The average molecular weight is 232 g/mol. The Bertz CT molecular complexity index is 342. The van der Waals surface area contributed by atoms with E-state index in [2.05, 4.69) is 4.84 Å². The molecule has 1 rings (SSSR count). The van der Waals surface area contributed by atoms with Gasteiger partial charge in [0.25, 0.3) is 0 Å². The molecule has 0 atom stereocenters. The summed E-state index contributed by atoms with van der Waals surface area (Å²) < 4.78 is 13.6. The maximum Gasteiger partial charge on any atom is 0.145 e. The van der Waals surface area contributed by atoms with Gasteiger partial charge in [-0.3, -0.25) is 0 Å². The fraction of sp³-hybridized carbons (Fsp3) is 0.455. The van der Waals surface area contributed by atoms with E-state index in [0.29, 0.717) is 18.6 Å². The largest absolute Gasteiger partial charge is 0.304 e. The van der Waals surface area contributed by atoms with Gasteiger partial charge in [0.15, 0.2) is 0 Å². The van der Waals surface area contributed by atoms with E-state index < -0.39 is 0 Å². The van der Waals surface area contributed by atoms with Crippen LogP contribution in [0.3, 0.4) is 0 Å². The number of benzene rings is 1. The zero-order chi connectivity index (χ0) is 11.4. The minimum atomic E-state index is -0.330. The first kappa shape index (κ1) is 12.4. The summed E-state index contributed by atoms with van der Waals surface area (Å²) in [6.07, 6.45) is 0.635. The highest BCUT2D eigenvalue weighted by Crippen LogP contribution is 2.26. The van der Waals surface area contributed by atoms with E-state index in [0.717, 1.165) is 5.56 Å². The molecule has 0 aliphatic carbocycles. The van der Waals surface area contributed by atoms with Crippen LogP contribution >= 0.6 is 11.6 Å². The molecule has 1 aromatic rings. The third-order valence-electron chi connectivity index (χ3n) is 2.25. The molecule has 0 bridgehead atoms. The fourth-order valence-electron chi connectivity index (χ4n) is 1.41. The Morgan fingerprint density at radius 3 is 2.67 bits per heavy atom. The molecule has 0 saturated carbocycles. The molecule has 0 amide bonds. The van der Waals surface area contributed by atoms with E-state index in [-0.39, 0.29) is 16.8 Å². The minimum absolute atomic E-state index is 0.112. The predicted octanol–water partition coefficient (Wildman–Crippen LogP) is 3.04. The molecular formula is C11H15ClFNO. The second-order valence-electron chi connectivity index (χ2n) is 3.76. The van der Waals surface area contributed by atoms with E-state index in [9.17, 15) is 4.39 Å². The SMILES string of the molecule is CC(C)c1cc(CCON)cc(Cl)c1F. The molecule has 0 radical (unpaired) electrons. The van der Waals surface area contributed by atoms with Gasteiger partial charge in [-0.15, -0.1) is 0 Å². The number of rotatable bonds is 4. The van der Waals surface area contributed by atoms with Gasteiger partial charge in [-0.2, -0.15) is 0 Å². The number of halogens is 2. The van der Waals surface area contributed by atoms with Crippen molar-refractivity contribution < 1.29 is 9.23 Å². The number of nitrogens with two attached hydrogens (primary N) is 1. The molecule has 0 unspecified atom stereocenters. The maximum absolute atomic E-state index is 13.6. The molecule has 0 fully saturated rings. The van der Waals surface area contributed by atoms with Crippen molar-refractivity contribution in [1.29, 1.82) is 0 Å². The molecule has 2 nitrogen and oxygen atoms in total. The lowest BCUT2D eigenvalue weighted by atomic mass is 9.99. The van der Waals surface area contributed by atoms with Gasteiger partial charge in [0.1, 0.15) is 5.82 Å². The Labute approximate surface area is 94.1 Å². The van der Waals surface area contributed by atoms with Gasteiger partial charge in [-0.05, 0) is 29.5 Å². The summed E-state index contributed by atoms with van der Waals surface area (Å²) in [6.45, 7) is 4.26. The third-order valence-corrected chi connectivity index (χ3v) is 2.52. The van der Waals surface area contributed by atoms with E-state index in [1.165, 1.54) is 0 Å². The van der Waals surface area contributed by atoms with Crippen LogP contribution in [0.2, 0.25) is 5.02 Å². The van der Waals surface area contributed by atoms with E-state index >= 15 is 0 Å². The van der Waals surface area contributed by atoms with Gasteiger partial charge in [0, 0.05) is 0 Å². The van der Waals surface area contributed by atoms with Crippen LogP contribution in [0.25, 0.3) is 0 Å². The highest BCUT2D eigenvalue weighted by Gasteiger charge is 2.12. The highest BCUT2D eigenvalue weighted by atomic mass is 35.5. The normalized spacial score (nSPS) is 11.1. The van der Waals surface area contributed by atoms with Crippen LogP contribution < -0.4 is 5.90 Å². The monoisotopic (exact) mass is 231 g/mol. The van der Waals surface area contributed by atoms with Gasteiger partial charge >= 0.3 is 0 Å². The molecular weight excluding hydrogens is 217 g/mol. The molecule has 2 N–H and O–H groups in total. The summed E-state index contributed by atoms with van der Waals surface area (Å²) in [5.74, 6) is 4.72. The second kappa shape index (κ2) is 5.45. The Morgan fingerprint density at radius 1 is 1.47 bits per heavy atom. The average Bonchev–Trinajstić information content (AvgIpc) is 2.19. The molecule has 4 heteroatoms. The van der Waals surface area contributed by atoms with Gasteiger partial charge in [-0.1, -0.05) is 31.5 Å². The molecule has 0 saturated heterocycles. The lowest BCUT2D eigenvalue weighted by Gasteiger charge is -2.11. The first-order valence-electron chi connectivity index (χ1n) is 4.85. The molecule has 15 heavy (non-hydrogen) atoms. The molecule has 84 valence electrons. The van der Waals surface area contributed by atoms with Crippen molar-refractivity contribution in [3.63, 3.8) is 0 Å². The van der Waals surface area contributed by atoms with Crippen molar-refractivity contribution in [2.75, 3.05) is 6.61 Å². The van der Waals surface area contributed by atoms with Crippen LogP contribution in [0.15, 0.2) is 12.1 Å². The lowest BCUT2D eigenvalue weighted by Crippen LogP contribution is -2.05. The number of hydrogen-bond donors (Lipinski definition) is 1. The molecule has 0 aliphatic heterocycles. The molecule has 0 aliphatic rings. The van der Waals surface area contributed by atoms with E-state index in [1.807, 2.05) is 19.9 Å². The summed E-state index contributed by atoms with van der Waals surface area (Å²) in [6, 6.07) is 3.42. The molecule has 1 aromatic carbocycles. The topological polar surface area (TPSA) is 35.2 Å². The number of hydrogen-bond acceptors (Lipinski definition) is 2. The zero-order valence-electron chi connectivity index (χ0n) is 8.89. The maximum atomic E-state index is 13.6. The van der Waals surface area contributed by atoms with Crippen LogP contribution in [0, 0.1) is 5.82 Å². The minimum Gasteiger partial charge on any atom is -0.304 e. The standard InChI is InChI=1S/C11H15ClFNO/c1-7(2)9-5-8(3-4-15-14)6-10(12)11(9)13/h5-7H,3-4,14H2,1-2H3. The second-order valence-corrected chi connectivity index (χ2v) is 4.16. The van der Waals surface area contributed by atoms with Crippen molar-refractivity contribution >= 4 is 11.6 Å². The summed E-state index contributed by atoms with van der Waals surface area (Å²) >= 11 is 5.79. The smallest absolute Gasteiger partial charge is 0.145 e. The van der Waals surface area contributed by atoms with Gasteiger partial charge in [0.05, 0.1) is 11.6 Å². The Kier molecular flexibility index (Phi) is 4.51. The van der Waals surface area contributed by atoms with Crippen molar-refractivity contribution in [2.24, 2.45) is 5.90 Å². The van der Waals surface area contributed by atoms with Crippen molar-refractivity contribution in [2.45, 2.75) is 26.2 Å². The van der Waals surface area contributed by atoms with Gasteiger partial charge in [-0.25, -0.2) is 10.3 Å². The van der Waals surface area contributed by atoms with E-state index in [1.54, 1.807) is 6.07 Å². The van der Waals surface area contributed by atoms with E-state index in [4.69, 9.17) is 17.5 Å². The summed E-state index contributed by atoms with van der Waals surface area (Å²) in [5.41, 5.74) is 1.57. The van der Waals surface area contributed by atoms with Crippen LogP contribution in [-0.4, -0.2) is 6.61 Å². The first-order valence-corrected chi connectivity index (χ1v) is 5.23. The summed E-state index contributed by atoms with van der Waals surface area (Å²) in [7, 11) is 0. The zero-order valence-corrected chi connectivity index (χ0v) is 9.64. The third kappa shape index (κ3) is 3.16.